The van der Waals surface area contributed by atoms with Crippen LogP contribution in [0.2, 0.25) is 0 Å². The van der Waals surface area contributed by atoms with Crippen molar-refractivity contribution in [1.29, 1.82) is 0 Å². The van der Waals surface area contributed by atoms with Crippen molar-refractivity contribution in [2.45, 2.75) is 25.9 Å². The highest BCUT2D eigenvalue weighted by Crippen LogP contribution is 2.32. The van der Waals surface area contributed by atoms with Crippen molar-refractivity contribution < 1.29 is 14.3 Å². The maximum absolute atomic E-state index is 11.6. The topological polar surface area (TPSA) is 111 Å². The van der Waals surface area contributed by atoms with E-state index in [-0.39, 0.29) is 6.10 Å². The quantitative estimate of drug-likeness (QED) is 0.291. The molecule has 1 atom stereocenters. The van der Waals surface area contributed by atoms with Gasteiger partial charge in [0.05, 0.1) is 5.69 Å². The lowest BCUT2D eigenvalue weighted by molar-refractivity contribution is -0.137. The molecule has 2 rings (SSSR count). The van der Waals surface area contributed by atoms with Crippen LogP contribution in [0.25, 0.3) is 0 Å². The van der Waals surface area contributed by atoms with Crippen LogP contribution >= 0.6 is 0 Å². The van der Waals surface area contributed by atoms with Crippen LogP contribution in [0, 0.1) is 0 Å². The Morgan fingerprint density at radius 3 is 2.89 bits per heavy atom. The predicted octanol–water partition coefficient (Wildman–Crippen LogP) is -0.403. The zero-order chi connectivity index (χ0) is 14.0. The van der Waals surface area contributed by atoms with Gasteiger partial charge in [-0.1, -0.05) is 6.92 Å². The first-order valence-corrected chi connectivity index (χ1v) is 5.96. The van der Waals surface area contributed by atoms with E-state index >= 15 is 0 Å². The van der Waals surface area contributed by atoms with Gasteiger partial charge in [0.15, 0.2) is 0 Å². The molecule has 1 aliphatic rings. The van der Waals surface area contributed by atoms with E-state index in [2.05, 4.69) is 0 Å². The number of nitrogens with one attached hydrogen (secondary N) is 1. The Labute approximate surface area is 110 Å². The van der Waals surface area contributed by atoms with Crippen molar-refractivity contribution in [1.82, 2.24) is 5.43 Å². The SMILES string of the molecule is CCC1Cc2cc(N(N)C(=O)C(=O)NN)ccc2O1. The van der Waals surface area contributed by atoms with Crippen LogP contribution in [0.4, 0.5) is 5.69 Å². The van der Waals surface area contributed by atoms with E-state index in [0.717, 1.165) is 29.2 Å². The van der Waals surface area contributed by atoms with E-state index in [0.29, 0.717) is 5.69 Å². The molecule has 1 aliphatic heterocycles. The largest absolute Gasteiger partial charge is 0.490 e. The Bertz CT molecular complexity index is 518. The lowest BCUT2D eigenvalue weighted by atomic mass is 10.1. The van der Waals surface area contributed by atoms with Crippen molar-refractivity contribution in [2.24, 2.45) is 11.7 Å². The number of anilines is 1. The van der Waals surface area contributed by atoms with Crippen LogP contribution in [0.1, 0.15) is 18.9 Å². The molecule has 2 amide bonds. The first-order valence-electron chi connectivity index (χ1n) is 5.96. The average molecular weight is 264 g/mol. The van der Waals surface area contributed by atoms with Crippen molar-refractivity contribution in [3.8, 4) is 5.75 Å². The van der Waals surface area contributed by atoms with E-state index in [9.17, 15) is 9.59 Å². The minimum atomic E-state index is -0.967. The second-order valence-electron chi connectivity index (χ2n) is 4.29. The van der Waals surface area contributed by atoms with Crippen LogP contribution in [0.3, 0.4) is 0 Å². The van der Waals surface area contributed by atoms with Crippen LogP contribution in [-0.4, -0.2) is 17.9 Å². The molecule has 0 saturated carbocycles. The molecule has 1 aromatic carbocycles. The highest BCUT2D eigenvalue weighted by atomic mass is 16.5. The maximum atomic E-state index is 11.6. The molecule has 1 aromatic rings. The number of hydrogen-bond acceptors (Lipinski definition) is 5. The van der Waals surface area contributed by atoms with Gasteiger partial charge in [0.25, 0.3) is 0 Å². The second-order valence-corrected chi connectivity index (χ2v) is 4.29. The molecule has 0 saturated heterocycles. The smallest absolute Gasteiger partial charge is 0.331 e. The highest BCUT2D eigenvalue weighted by Gasteiger charge is 2.24. The first kappa shape index (κ1) is 13.3. The van der Waals surface area contributed by atoms with Gasteiger partial charge in [-0.2, -0.15) is 0 Å². The predicted molar refractivity (Wildman–Crippen MR) is 68.9 cm³/mol. The third-order valence-electron chi connectivity index (χ3n) is 3.06. The third-order valence-corrected chi connectivity index (χ3v) is 3.06. The minimum absolute atomic E-state index is 0.152. The van der Waals surface area contributed by atoms with Gasteiger partial charge in [-0.15, -0.1) is 0 Å². The van der Waals surface area contributed by atoms with Gasteiger partial charge in [0.1, 0.15) is 11.9 Å². The van der Waals surface area contributed by atoms with E-state index in [1.54, 1.807) is 23.6 Å². The van der Waals surface area contributed by atoms with Crippen LogP contribution in [0.5, 0.6) is 5.75 Å². The summed E-state index contributed by atoms with van der Waals surface area (Å²) in [5.41, 5.74) is 3.15. The molecular formula is C12H16N4O3. The van der Waals surface area contributed by atoms with E-state index in [4.69, 9.17) is 16.4 Å². The van der Waals surface area contributed by atoms with E-state index in [1.165, 1.54) is 0 Å². The molecule has 0 radical (unpaired) electrons. The second kappa shape index (κ2) is 5.25. The number of ether oxygens (including phenoxy) is 1. The number of hydrogen-bond donors (Lipinski definition) is 3. The summed E-state index contributed by atoms with van der Waals surface area (Å²) in [6.45, 7) is 2.04. The summed E-state index contributed by atoms with van der Waals surface area (Å²) in [4.78, 5) is 22.7. The van der Waals surface area contributed by atoms with Crippen molar-refractivity contribution >= 4 is 17.5 Å². The summed E-state index contributed by atoms with van der Waals surface area (Å²) < 4.78 is 5.68. The van der Waals surface area contributed by atoms with E-state index in [1.807, 2.05) is 6.92 Å². The number of carbonyl (C=O) groups excluding carboxylic acids is 2. The van der Waals surface area contributed by atoms with Crippen molar-refractivity contribution in [2.75, 3.05) is 5.01 Å². The molecule has 102 valence electrons. The number of fused-ring (bicyclic) bond motifs is 1. The Morgan fingerprint density at radius 2 is 2.26 bits per heavy atom. The molecule has 7 heteroatoms. The number of nitrogens with two attached hydrogens (primary N) is 2. The molecule has 1 heterocycles. The molecular weight excluding hydrogens is 248 g/mol. The fourth-order valence-corrected chi connectivity index (χ4v) is 1.97. The summed E-state index contributed by atoms with van der Waals surface area (Å²) in [6, 6.07) is 5.11. The lowest BCUT2D eigenvalue weighted by Gasteiger charge is -2.16. The van der Waals surface area contributed by atoms with Crippen LogP contribution in [0.15, 0.2) is 18.2 Å². The van der Waals surface area contributed by atoms with Gasteiger partial charge in [-0.25, -0.2) is 16.7 Å². The molecule has 0 aromatic heterocycles. The van der Waals surface area contributed by atoms with Crippen molar-refractivity contribution in [3.63, 3.8) is 0 Å². The van der Waals surface area contributed by atoms with E-state index < -0.39 is 11.8 Å². The molecule has 0 aliphatic carbocycles. The fourth-order valence-electron chi connectivity index (χ4n) is 1.97. The molecule has 5 N–H and O–H groups in total. The lowest BCUT2D eigenvalue weighted by Crippen LogP contribution is -2.49. The maximum Gasteiger partial charge on any atom is 0.331 e. The summed E-state index contributed by atoms with van der Waals surface area (Å²) in [6.07, 6.45) is 1.83. The summed E-state index contributed by atoms with van der Waals surface area (Å²) in [5.74, 6) is 9.40. The Balaban J connectivity index is 2.20. The van der Waals surface area contributed by atoms with Gasteiger partial charge in [-0.3, -0.25) is 15.0 Å². The third kappa shape index (κ3) is 2.51. The standard InChI is InChI=1S/C12H16N4O3/c1-2-9-6-7-5-8(3-4-10(7)19-9)16(14)12(18)11(17)15-13/h3-5,9H,2,6,13-14H2,1H3,(H,15,17). The van der Waals surface area contributed by atoms with Gasteiger partial charge < -0.3 is 4.74 Å². The molecule has 0 bridgehead atoms. The molecule has 7 nitrogen and oxygen atoms in total. The molecule has 0 fully saturated rings. The highest BCUT2D eigenvalue weighted by molar-refractivity contribution is 6.39. The summed E-state index contributed by atoms with van der Waals surface area (Å²) in [7, 11) is 0. The number of benzene rings is 1. The Kier molecular flexibility index (Phi) is 3.68. The number of nitrogens with zero attached hydrogens (tertiary/aromatic N) is 1. The van der Waals surface area contributed by atoms with Crippen LogP contribution in [-0.2, 0) is 16.0 Å². The first-order chi connectivity index (χ1) is 9.06. The molecule has 1 unspecified atom stereocenters. The summed E-state index contributed by atoms with van der Waals surface area (Å²) >= 11 is 0. The molecule has 0 spiro atoms. The fraction of sp³-hybridized carbons (Fsp3) is 0.333. The van der Waals surface area contributed by atoms with Gasteiger partial charge in [-0.05, 0) is 30.2 Å². The normalized spacial score (nSPS) is 16.5. The average Bonchev–Trinajstić information content (AvgIpc) is 2.86. The zero-order valence-corrected chi connectivity index (χ0v) is 10.6. The summed E-state index contributed by atoms with van der Waals surface area (Å²) in [5, 5.41) is 0.766. The van der Waals surface area contributed by atoms with Gasteiger partial charge >= 0.3 is 11.8 Å². The zero-order valence-electron chi connectivity index (χ0n) is 10.6. The number of hydrazine groups is 2. The van der Waals surface area contributed by atoms with Crippen molar-refractivity contribution in [3.05, 3.63) is 23.8 Å². The minimum Gasteiger partial charge on any atom is -0.490 e. The monoisotopic (exact) mass is 264 g/mol. The molecule has 19 heavy (non-hydrogen) atoms. The Hall–Kier alpha value is -2.12. The number of rotatable bonds is 2. The number of carbonyl (C=O) groups is 2. The number of amides is 2. The van der Waals surface area contributed by atoms with Gasteiger partial charge in [0.2, 0.25) is 0 Å². The Morgan fingerprint density at radius 1 is 1.53 bits per heavy atom. The van der Waals surface area contributed by atoms with Gasteiger partial charge in [0, 0.05) is 6.42 Å². The van der Waals surface area contributed by atoms with Crippen LogP contribution < -0.4 is 26.9 Å².